The molecule has 3 N–H and O–H groups in total. The molecule has 0 saturated carbocycles. The number of carbonyl (C=O) groups excluding carboxylic acids is 1. The fourth-order valence-corrected chi connectivity index (χ4v) is 5.12. The predicted molar refractivity (Wildman–Crippen MR) is 139 cm³/mol. The summed E-state index contributed by atoms with van der Waals surface area (Å²) in [6, 6.07) is 16.4. The Labute approximate surface area is 220 Å². The summed E-state index contributed by atoms with van der Waals surface area (Å²) < 4.78 is 28.5. The van der Waals surface area contributed by atoms with Crippen molar-refractivity contribution in [3.8, 4) is 0 Å². The summed E-state index contributed by atoms with van der Waals surface area (Å²) in [5.74, 6) is -1.68. The van der Waals surface area contributed by atoms with E-state index in [4.69, 9.17) is 23.2 Å². The van der Waals surface area contributed by atoms with E-state index in [0.29, 0.717) is 5.56 Å². The Balaban J connectivity index is 1.63. The summed E-state index contributed by atoms with van der Waals surface area (Å²) in [5.41, 5.74) is 1.64. The number of aliphatic carboxylic acids is 1. The topological polar surface area (TPSA) is 113 Å². The highest BCUT2D eigenvalue weighted by atomic mass is 127. The molecule has 3 aromatic carbocycles. The maximum Gasteiger partial charge on any atom is 0.326 e. The molecular weight excluding hydrogens is 614 g/mol. The Bertz CT molecular complexity index is 1280. The number of benzene rings is 3. The quantitative estimate of drug-likeness (QED) is 0.301. The van der Waals surface area contributed by atoms with E-state index in [1.807, 2.05) is 24.3 Å². The number of rotatable bonds is 9. The smallest absolute Gasteiger partial charge is 0.326 e. The van der Waals surface area contributed by atoms with Crippen LogP contribution in [-0.2, 0) is 27.8 Å². The van der Waals surface area contributed by atoms with Crippen LogP contribution in [0.1, 0.15) is 21.5 Å². The van der Waals surface area contributed by atoms with Crippen LogP contribution in [0.15, 0.2) is 71.6 Å². The lowest BCUT2D eigenvalue weighted by Crippen LogP contribution is -2.42. The molecule has 11 heteroatoms. The minimum atomic E-state index is -3.85. The van der Waals surface area contributed by atoms with E-state index in [1.54, 1.807) is 12.1 Å². The molecule has 0 spiro atoms. The largest absolute Gasteiger partial charge is 0.480 e. The number of carboxylic acid groups (broad SMARTS) is 1. The Kier molecular flexibility index (Phi) is 8.94. The van der Waals surface area contributed by atoms with Gasteiger partial charge in [-0.2, -0.15) is 0 Å². The van der Waals surface area contributed by atoms with Gasteiger partial charge in [0.25, 0.3) is 5.91 Å². The van der Waals surface area contributed by atoms with Crippen LogP contribution in [0.25, 0.3) is 0 Å². The lowest BCUT2D eigenvalue weighted by Gasteiger charge is -2.15. The highest BCUT2D eigenvalue weighted by Crippen LogP contribution is 2.22. The van der Waals surface area contributed by atoms with E-state index in [9.17, 15) is 23.1 Å². The van der Waals surface area contributed by atoms with Gasteiger partial charge in [-0.05, 0) is 76.2 Å². The summed E-state index contributed by atoms with van der Waals surface area (Å²) in [6.07, 6.45) is 0.144. The molecule has 0 aromatic heterocycles. The predicted octanol–water partition coefficient (Wildman–Crippen LogP) is 4.50. The third kappa shape index (κ3) is 7.41. The second-order valence-electron chi connectivity index (χ2n) is 7.32. The average Bonchev–Trinajstić information content (AvgIpc) is 2.78. The summed E-state index contributed by atoms with van der Waals surface area (Å²) in [5, 5.41) is 12.4. The summed E-state index contributed by atoms with van der Waals surface area (Å²) >= 11 is 13.9. The van der Waals surface area contributed by atoms with Crippen LogP contribution < -0.4 is 10.0 Å². The summed E-state index contributed by atoms with van der Waals surface area (Å²) in [6.45, 7) is -0.0288. The first kappa shape index (κ1) is 26.4. The van der Waals surface area contributed by atoms with E-state index in [1.165, 1.54) is 30.3 Å². The molecule has 0 unspecified atom stereocenters. The van der Waals surface area contributed by atoms with Crippen LogP contribution in [0.2, 0.25) is 10.0 Å². The van der Waals surface area contributed by atoms with E-state index >= 15 is 0 Å². The number of carboxylic acids is 1. The molecule has 0 aliphatic heterocycles. The average molecular weight is 633 g/mol. The first-order valence-electron chi connectivity index (χ1n) is 9.86. The van der Waals surface area contributed by atoms with Crippen LogP contribution in [0.3, 0.4) is 0 Å². The number of carbonyl (C=O) groups is 2. The standard InChI is InChI=1S/C23H19Cl2IN2O5S/c24-17-10-18(25)12-20(11-17)34(32,33)27-13-15-1-5-16(6-2-15)22(29)28-21(23(30)31)9-14-3-7-19(26)8-4-14/h1-8,10-12,21,27H,9,13H2,(H,28,29)(H,30,31)/t21-/m0/s1. The number of hydrogen-bond donors (Lipinski definition) is 3. The van der Waals surface area contributed by atoms with Crippen molar-refractivity contribution in [3.05, 3.63) is 97.0 Å². The molecule has 34 heavy (non-hydrogen) atoms. The van der Waals surface area contributed by atoms with Gasteiger partial charge < -0.3 is 10.4 Å². The second kappa shape index (κ2) is 11.5. The number of halogens is 3. The Morgan fingerprint density at radius 1 is 0.912 bits per heavy atom. The molecule has 3 rings (SSSR count). The van der Waals surface area contributed by atoms with Gasteiger partial charge in [-0.25, -0.2) is 17.9 Å². The van der Waals surface area contributed by atoms with Crippen molar-refractivity contribution >= 4 is 67.7 Å². The minimum Gasteiger partial charge on any atom is -0.480 e. The molecule has 0 radical (unpaired) electrons. The van der Waals surface area contributed by atoms with Gasteiger partial charge in [-0.3, -0.25) is 4.79 Å². The fourth-order valence-electron chi connectivity index (χ4n) is 3.02. The van der Waals surface area contributed by atoms with Crippen molar-refractivity contribution in [2.75, 3.05) is 0 Å². The zero-order valence-corrected chi connectivity index (χ0v) is 22.0. The van der Waals surface area contributed by atoms with E-state index in [2.05, 4.69) is 32.6 Å². The number of sulfonamides is 1. The Morgan fingerprint density at radius 3 is 2.03 bits per heavy atom. The van der Waals surface area contributed by atoms with Crippen molar-refractivity contribution in [1.82, 2.24) is 10.0 Å². The highest BCUT2D eigenvalue weighted by Gasteiger charge is 2.21. The summed E-state index contributed by atoms with van der Waals surface area (Å²) in [4.78, 5) is 24.1. The van der Waals surface area contributed by atoms with Crippen LogP contribution in [0, 0.1) is 3.57 Å². The van der Waals surface area contributed by atoms with Crippen LogP contribution in [0.4, 0.5) is 0 Å². The highest BCUT2D eigenvalue weighted by molar-refractivity contribution is 14.1. The first-order valence-corrected chi connectivity index (χ1v) is 13.2. The van der Waals surface area contributed by atoms with Gasteiger partial charge in [0.1, 0.15) is 6.04 Å². The van der Waals surface area contributed by atoms with Crippen molar-refractivity contribution < 1.29 is 23.1 Å². The zero-order valence-electron chi connectivity index (χ0n) is 17.5. The molecule has 1 atom stereocenters. The van der Waals surface area contributed by atoms with Gasteiger partial charge in [0.15, 0.2) is 0 Å². The number of amides is 1. The Morgan fingerprint density at radius 2 is 1.47 bits per heavy atom. The van der Waals surface area contributed by atoms with E-state index in [-0.39, 0.29) is 33.5 Å². The van der Waals surface area contributed by atoms with Gasteiger partial charge >= 0.3 is 5.97 Å². The molecular formula is C23H19Cl2IN2O5S. The van der Waals surface area contributed by atoms with Crippen molar-refractivity contribution in [3.63, 3.8) is 0 Å². The molecule has 0 aliphatic carbocycles. The maximum absolute atomic E-state index is 12.6. The first-order chi connectivity index (χ1) is 16.0. The fraction of sp³-hybridized carbons (Fsp3) is 0.130. The molecule has 0 aliphatic rings. The minimum absolute atomic E-state index is 0.0288. The third-order valence-electron chi connectivity index (χ3n) is 4.79. The van der Waals surface area contributed by atoms with Gasteiger partial charge in [0.2, 0.25) is 10.0 Å². The molecule has 178 valence electrons. The van der Waals surface area contributed by atoms with Crippen molar-refractivity contribution in [2.24, 2.45) is 0 Å². The molecule has 0 saturated heterocycles. The zero-order chi connectivity index (χ0) is 24.9. The second-order valence-corrected chi connectivity index (χ2v) is 11.2. The molecule has 0 fully saturated rings. The van der Waals surface area contributed by atoms with E-state index < -0.39 is 27.9 Å². The van der Waals surface area contributed by atoms with Gasteiger partial charge in [0.05, 0.1) is 4.90 Å². The Hall–Kier alpha value is -2.18. The lowest BCUT2D eigenvalue weighted by molar-refractivity contribution is -0.139. The third-order valence-corrected chi connectivity index (χ3v) is 7.32. The maximum atomic E-state index is 12.6. The van der Waals surface area contributed by atoms with Gasteiger partial charge in [0, 0.05) is 32.1 Å². The molecule has 3 aromatic rings. The molecule has 0 bridgehead atoms. The SMILES string of the molecule is O=C(N[C@@H](Cc1ccc(I)cc1)C(=O)O)c1ccc(CNS(=O)(=O)c2cc(Cl)cc(Cl)c2)cc1. The van der Waals surface area contributed by atoms with Crippen LogP contribution in [-0.4, -0.2) is 31.4 Å². The summed E-state index contributed by atoms with van der Waals surface area (Å²) in [7, 11) is -3.85. The van der Waals surface area contributed by atoms with Gasteiger partial charge in [-0.1, -0.05) is 47.5 Å². The van der Waals surface area contributed by atoms with E-state index in [0.717, 1.165) is 9.13 Å². The monoisotopic (exact) mass is 632 g/mol. The van der Waals surface area contributed by atoms with Crippen LogP contribution >= 0.6 is 45.8 Å². The molecule has 1 amide bonds. The molecule has 0 heterocycles. The lowest BCUT2D eigenvalue weighted by atomic mass is 10.1. The number of nitrogens with one attached hydrogen (secondary N) is 2. The van der Waals surface area contributed by atoms with Crippen LogP contribution in [0.5, 0.6) is 0 Å². The number of hydrogen-bond acceptors (Lipinski definition) is 4. The van der Waals surface area contributed by atoms with Crippen molar-refractivity contribution in [2.45, 2.75) is 23.9 Å². The normalized spacial score (nSPS) is 12.2. The van der Waals surface area contributed by atoms with Crippen molar-refractivity contribution in [1.29, 1.82) is 0 Å². The molecule has 7 nitrogen and oxygen atoms in total. The van der Waals surface area contributed by atoms with Gasteiger partial charge in [-0.15, -0.1) is 0 Å².